The zero-order valence-electron chi connectivity index (χ0n) is 13.1. The first-order valence-corrected chi connectivity index (χ1v) is 7.54. The molecule has 0 atom stereocenters. The molecule has 2 N–H and O–H groups in total. The van der Waals surface area contributed by atoms with Crippen LogP contribution in [0.15, 0.2) is 65.8 Å². The number of carbonyl (C=O) groups excluding carboxylic acids is 1. The van der Waals surface area contributed by atoms with Crippen molar-refractivity contribution in [3.63, 3.8) is 0 Å². The fraction of sp³-hybridized carbons (Fsp3) is 0.0526. The predicted molar refractivity (Wildman–Crippen MR) is 93.2 cm³/mol. The number of hydrazone groups is 1. The molecule has 0 aliphatic rings. The third kappa shape index (κ3) is 4.11. The Balaban J connectivity index is 1.63. The number of nitrogens with zero attached hydrogens (tertiary/aromatic N) is 1. The number of ether oxygens (including phenoxy) is 1. The van der Waals surface area contributed by atoms with Gasteiger partial charge < -0.3 is 9.84 Å². The minimum Gasteiger partial charge on any atom is -0.507 e. The van der Waals surface area contributed by atoms with E-state index in [4.69, 9.17) is 4.74 Å². The highest BCUT2D eigenvalue weighted by molar-refractivity contribution is 6.02. The molecule has 3 aromatic rings. The van der Waals surface area contributed by atoms with Crippen LogP contribution in [0.3, 0.4) is 0 Å². The van der Waals surface area contributed by atoms with Gasteiger partial charge in [-0.1, -0.05) is 36.4 Å². The summed E-state index contributed by atoms with van der Waals surface area (Å²) in [5.74, 6) is -0.624. The van der Waals surface area contributed by atoms with Crippen molar-refractivity contribution in [3.05, 3.63) is 72.0 Å². The quantitative estimate of drug-likeness (QED) is 0.554. The van der Waals surface area contributed by atoms with E-state index in [9.17, 15) is 14.3 Å². The Bertz CT molecular complexity index is 941. The maximum atomic E-state index is 13.0. The Hall–Kier alpha value is -3.41. The molecule has 3 aromatic carbocycles. The summed E-state index contributed by atoms with van der Waals surface area (Å²) in [6.45, 7) is -0.303. The van der Waals surface area contributed by atoms with Crippen LogP contribution in [0.1, 0.15) is 5.56 Å². The van der Waals surface area contributed by atoms with E-state index in [2.05, 4.69) is 10.5 Å². The summed E-state index contributed by atoms with van der Waals surface area (Å²) in [7, 11) is 0. The standard InChI is InChI=1S/C19H15FN2O3/c20-14-5-3-6-15(10-14)25-12-19(24)22-21-11-17-16-7-2-1-4-13(16)8-9-18(17)23/h1-11,23H,12H2,(H,22,24)/b21-11+. The number of halogens is 1. The summed E-state index contributed by atoms with van der Waals surface area (Å²) in [5.41, 5.74) is 2.81. The van der Waals surface area contributed by atoms with E-state index in [1.807, 2.05) is 24.3 Å². The smallest absolute Gasteiger partial charge is 0.277 e. The number of aromatic hydroxyl groups is 1. The third-order valence-electron chi connectivity index (χ3n) is 3.50. The molecule has 0 spiro atoms. The minimum absolute atomic E-state index is 0.0627. The molecule has 25 heavy (non-hydrogen) atoms. The largest absolute Gasteiger partial charge is 0.507 e. The van der Waals surface area contributed by atoms with E-state index >= 15 is 0 Å². The van der Waals surface area contributed by atoms with Crippen molar-refractivity contribution < 1.29 is 19.0 Å². The lowest BCUT2D eigenvalue weighted by molar-refractivity contribution is -0.123. The fourth-order valence-corrected chi connectivity index (χ4v) is 2.33. The lowest BCUT2D eigenvalue weighted by Crippen LogP contribution is -2.24. The molecule has 0 saturated heterocycles. The van der Waals surface area contributed by atoms with Gasteiger partial charge >= 0.3 is 0 Å². The highest BCUT2D eigenvalue weighted by Crippen LogP contribution is 2.25. The Morgan fingerprint density at radius 1 is 1.16 bits per heavy atom. The van der Waals surface area contributed by atoms with Crippen LogP contribution in [0.2, 0.25) is 0 Å². The van der Waals surface area contributed by atoms with Crippen LogP contribution >= 0.6 is 0 Å². The average Bonchev–Trinajstić information content (AvgIpc) is 2.62. The van der Waals surface area contributed by atoms with Gasteiger partial charge in [0.2, 0.25) is 0 Å². The van der Waals surface area contributed by atoms with Gasteiger partial charge in [0.05, 0.1) is 6.21 Å². The van der Waals surface area contributed by atoms with E-state index < -0.39 is 11.7 Å². The molecule has 0 heterocycles. The van der Waals surface area contributed by atoms with Gasteiger partial charge in [0.15, 0.2) is 6.61 Å². The van der Waals surface area contributed by atoms with E-state index in [1.54, 1.807) is 18.2 Å². The van der Waals surface area contributed by atoms with Crippen LogP contribution in [-0.4, -0.2) is 23.8 Å². The minimum atomic E-state index is -0.500. The number of hydrogen-bond acceptors (Lipinski definition) is 4. The van der Waals surface area contributed by atoms with Crippen molar-refractivity contribution in [2.24, 2.45) is 5.10 Å². The molecular weight excluding hydrogens is 323 g/mol. The van der Waals surface area contributed by atoms with Gasteiger partial charge in [0, 0.05) is 11.6 Å². The summed E-state index contributed by atoms with van der Waals surface area (Å²) in [4.78, 5) is 11.7. The number of nitrogens with one attached hydrogen (secondary N) is 1. The number of hydrogen-bond donors (Lipinski definition) is 2. The lowest BCUT2D eigenvalue weighted by atomic mass is 10.0. The number of carbonyl (C=O) groups is 1. The third-order valence-corrected chi connectivity index (χ3v) is 3.50. The van der Waals surface area contributed by atoms with Gasteiger partial charge in [-0.25, -0.2) is 9.82 Å². The molecule has 0 aliphatic carbocycles. The van der Waals surface area contributed by atoms with Crippen molar-refractivity contribution in [1.29, 1.82) is 0 Å². The van der Waals surface area contributed by atoms with Gasteiger partial charge in [0.25, 0.3) is 5.91 Å². The van der Waals surface area contributed by atoms with Gasteiger partial charge in [-0.15, -0.1) is 0 Å². The SMILES string of the molecule is O=C(COc1cccc(F)c1)N/N=C/c1c(O)ccc2ccccc12. The second kappa shape index (κ2) is 7.44. The monoisotopic (exact) mass is 338 g/mol. The summed E-state index contributed by atoms with van der Waals surface area (Å²) in [6.07, 6.45) is 1.37. The summed E-state index contributed by atoms with van der Waals surface area (Å²) >= 11 is 0. The lowest BCUT2D eigenvalue weighted by Gasteiger charge is -2.06. The zero-order valence-corrected chi connectivity index (χ0v) is 13.1. The first-order chi connectivity index (χ1) is 12.1. The van der Waals surface area contributed by atoms with Crippen LogP contribution in [0.5, 0.6) is 11.5 Å². The highest BCUT2D eigenvalue weighted by atomic mass is 19.1. The molecule has 6 heteroatoms. The molecule has 0 aliphatic heterocycles. The first-order valence-electron chi connectivity index (χ1n) is 7.54. The Morgan fingerprint density at radius 3 is 2.84 bits per heavy atom. The highest BCUT2D eigenvalue weighted by Gasteiger charge is 2.05. The Kier molecular flexibility index (Phi) is 4.89. The topological polar surface area (TPSA) is 70.9 Å². The maximum absolute atomic E-state index is 13.0. The summed E-state index contributed by atoms with van der Waals surface area (Å²) < 4.78 is 18.2. The maximum Gasteiger partial charge on any atom is 0.277 e. The Morgan fingerprint density at radius 2 is 2.00 bits per heavy atom. The molecule has 3 rings (SSSR count). The number of phenolic OH excluding ortho intramolecular Hbond substituents is 1. The number of phenols is 1. The van der Waals surface area contributed by atoms with Gasteiger partial charge in [-0.2, -0.15) is 5.10 Å². The molecule has 5 nitrogen and oxygen atoms in total. The molecule has 126 valence electrons. The summed E-state index contributed by atoms with van der Waals surface area (Å²) in [5, 5.41) is 15.6. The molecule has 0 radical (unpaired) electrons. The molecular formula is C19H15FN2O3. The predicted octanol–water partition coefficient (Wildman–Crippen LogP) is 3.21. The van der Waals surface area contributed by atoms with E-state index in [-0.39, 0.29) is 18.1 Å². The number of benzene rings is 3. The van der Waals surface area contributed by atoms with Gasteiger partial charge in [-0.05, 0) is 29.0 Å². The second-order valence-electron chi connectivity index (χ2n) is 5.26. The van der Waals surface area contributed by atoms with Crippen molar-refractivity contribution in [2.45, 2.75) is 0 Å². The van der Waals surface area contributed by atoms with E-state index in [0.29, 0.717) is 5.56 Å². The molecule has 1 amide bonds. The van der Waals surface area contributed by atoms with E-state index in [1.165, 1.54) is 24.4 Å². The average molecular weight is 338 g/mol. The Labute approximate surface area is 143 Å². The van der Waals surface area contributed by atoms with Crippen molar-refractivity contribution in [1.82, 2.24) is 5.43 Å². The number of rotatable bonds is 5. The molecule has 0 unspecified atom stereocenters. The van der Waals surface area contributed by atoms with Gasteiger partial charge in [0.1, 0.15) is 17.3 Å². The molecule has 0 saturated carbocycles. The van der Waals surface area contributed by atoms with Crippen molar-refractivity contribution in [3.8, 4) is 11.5 Å². The van der Waals surface area contributed by atoms with Crippen LogP contribution in [0.25, 0.3) is 10.8 Å². The first kappa shape index (κ1) is 16.4. The normalized spacial score (nSPS) is 10.9. The van der Waals surface area contributed by atoms with Crippen LogP contribution in [0, 0.1) is 5.82 Å². The molecule has 0 aromatic heterocycles. The number of fused-ring (bicyclic) bond motifs is 1. The van der Waals surface area contributed by atoms with Gasteiger partial charge in [-0.3, -0.25) is 4.79 Å². The van der Waals surface area contributed by atoms with Crippen LogP contribution < -0.4 is 10.2 Å². The molecule has 0 fully saturated rings. The number of amides is 1. The zero-order chi connectivity index (χ0) is 17.6. The second-order valence-corrected chi connectivity index (χ2v) is 5.26. The van der Waals surface area contributed by atoms with E-state index in [0.717, 1.165) is 10.8 Å². The fourth-order valence-electron chi connectivity index (χ4n) is 2.33. The van der Waals surface area contributed by atoms with Crippen LogP contribution in [0.4, 0.5) is 4.39 Å². The van der Waals surface area contributed by atoms with Crippen LogP contribution in [-0.2, 0) is 4.79 Å². The molecule has 0 bridgehead atoms. The summed E-state index contributed by atoms with van der Waals surface area (Å²) in [6, 6.07) is 16.4. The van der Waals surface area contributed by atoms with Crippen molar-refractivity contribution in [2.75, 3.05) is 6.61 Å². The van der Waals surface area contributed by atoms with Crippen molar-refractivity contribution >= 4 is 22.9 Å².